The van der Waals surface area contributed by atoms with Crippen LogP contribution in [0.5, 0.6) is 0 Å². The first-order valence-corrected chi connectivity index (χ1v) is 4.77. The third kappa shape index (κ3) is 3.52. The van der Waals surface area contributed by atoms with Gasteiger partial charge in [-0.3, -0.25) is 4.79 Å². The van der Waals surface area contributed by atoms with Gasteiger partial charge in [-0.05, 0) is 0 Å². The molecule has 0 bridgehead atoms. The first-order chi connectivity index (χ1) is 7.99. The molecule has 1 heterocycles. The van der Waals surface area contributed by atoms with E-state index in [0.717, 1.165) is 12.1 Å². The van der Waals surface area contributed by atoms with Crippen molar-refractivity contribution in [2.75, 3.05) is 0 Å². The lowest BCUT2D eigenvalue weighted by Crippen LogP contribution is -2.34. The molecule has 0 saturated heterocycles. The summed E-state index contributed by atoms with van der Waals surface area (Å²) in [6.07, 6.45) is 1.30. The largest absolute Gasteiger partial charge is 0.480 e. The molecule has 1 aromatic heterocycles. The quantitative estimate of drug-likeness (QED) is 0.901. The van der Waals surface area contributed by atoms with Crippen LogP contribution in [0.15, 0.2) is 18.5 Å². The van der Waals surface area contributed by atoms with Crippen molar-refractivity contribution in [3.8, 4) is 0 Å². The molecule has 0 aliphatic carbocycles. The lowest BCUT2D eigenvalue weighted by Gasteiger charge is -2.08. The van der Waals surface area contributed by atoms with Crippen molar-refractivity contribution >= 4 is 41.8 Å². The normalized spacial score (nSPS) is 11.5. The molecular weight excluding hydrogens is 303 g/mol. The first-order valence-electron chi connectivity index (χ1n) is 4.77. The SMILES string of the molecule is Cl.Cl.NC(Cn1cnc2cc(F)c(F)cc21)C(=O)O. The minimum absolute atomic E-state index is 0. The fourth-order valence-electron chi connectivity index (χ4n) is 1.49. The van der Waals surface area contributed by atoms with E-state index in [1.807, 2.05) is 0 Å². The number of aromatic nitrogens is 2. The van der Waals surface area contributed by atoms with Crippen LogP contribution in [-0.4, -0.2) is 26.7 Å². The zero-order valence-electron chi connectivity index (χ0n) is 9.42. The number of halogens is 4. The van der Waals surface area contributed by atoms with Crippen LogP contribution in [0, 0.1) is 11.6 Å². The molecule has 2 aromatic rings. The molecule has 0 radical (unpaired) electrons. The maximum absolute atomic E-state index is 13.0. The fraction of sp³-hybridized carbons (Fsp3) is 0.200. The van der Waals surface area contributed by atoms with Crippen molar-refractivity contribution in [2.24, 2.45) is 5.73 Å². The molecular formula is C10H11Cl2F2N3O2. The number of carboxylic acids is 1. The molecule has 0 fully saturated rings. The second-order valence-electron chi connectivity index (χ2n) is 3.60. The maximum atomic E-state index is 13.0. The van der Waals surface area contributed by atoms with Gasteiger partial charge in [0.1, 0.15) is 6.04 Å². The topological polar surface area (TPSA) is 81.1 Å². The molecule has 0 aliphatic rings. The molecule has 0 aliphatic heterocycles. The third-order valence-corrected chi connectivity index (χ3v) is 2.37. The standard InChI is InChI=1S/C10H9F2N3O2.2ClH/c11-5-1-8-9(2-6(5)12)15(4-14-8)3-7(13)10(16)17;;/h1-2,4,7H,3,13H2,(H,16,17);2*1H. The Hall–Kier alpha value is -1.44. The summed E-state index contributed by atoms with van der Waals surface area (Å²) in [7, 11) is 0. The molecule has 1 unspecified atom stereocenters. The summed E-state index contributed by atoms with van der Waals surface area (Å²) in [5.41, 5.74) is 5.91. The molecule has 5 nitrogen and oxygen atoms in total. The van der Waals surface area contributed by atoms with Gasteiger partial charge in [-0.1, -0.05) is 0 Å². The molecule has 9 heteroatoms. The average Bonchev–Trinajstić information content (AvgIpc) is 2.62. The van der Waals surface area contributed by atoms with E-state index in [4.69, 9.17) is 10.8 Å². The summed E-state index contributed by atoms with van der Waals surface area (Å²) in [4.78, 5) is 14.4. The van der Waals surface area contributed by atoms with E-state index < -0.39 is 23.6 Å². The zero-order chi connectivity index (χ0) is 12.6. The molecule has 106 valence electrons. The van der Waals surface area contributed by atoms with Crippen LogP contribution < -0.4 is 5.73 Å². The highest BCUT2D eigenvalue weighted by Gasteiger charge is 2.15. The van der Waals surface area contributed by atoms with Gasteiger partial charge in [0.25, 0.3) is 0 Å². The fourth-order valence-corrected chi connectivity index (χ4v) is 1.49. The summed E-state index contributed by atoms with van der Waals surface area (Å²) < 4.78 is 27.3. The summed E-state index contributed by atoms with van der Waals surface area (Å²) in [5, 5.41) is 8.66. The minimum Gasteiger partial charge on any atom is -0.480 e. The van der Waals surface area contributed by atoms with E-state index in [1.54, 1.807) is 0 Å². The number of carboxylic acid groups (broad SMARTS) is 1. The second-order valence-corrected chi connectivity index (χ2v) is 3.60. The lowest BCUT2D eigenvalue weighted by atomic mass is 10.2. The summed E-state index contributed by atoms with van der Waals surface area (Å²) in [6.45, 7) is -0.0586. The highest BCUT2D eigenvalue weighted by atomic mass is 35.5. The van der Waals surface area contributed by atoms with Crippen LogP contribution in [0.3, 0.4) is 0 Å². The number of hydrogen-bond acceptors (Lipinski definition) is 3. The first kappa shape index (κ1) is 17.6. The number of hydrogen-bond donors (Lipinski definition) is 2. The van der Waals surface area contributed by atoms with E-state index >= 15 is 0 Å². The molecule has 2 rings (SSSR count). The predicted molar refractivity (Wildman–Crippen MR) is 69.8 cm³/mol. The van der Waals surface area contributed by atoms with Gasteiger partial charge in [-0.25, -0.2) is 13.8 Å². The third-order valence-electron chi connectivity index (χ3n) is 2.37. The van der Waals surface area contributed by atoms with E-state index in [0.29, 0.717) is 5.52 Å². The average molecular weight is 314 g/mol. The second kappa shape index (κ2) is 6.65. The number of carbonyl (C=O) groups is 1. The highest BCUT2D eigenvalue weighted by molar-refractivity contribution is 5.85. The van der Waals surface area contributed by atoms with Gasteiger partial charge < -0.3 is 15.4 Å². The molecule has 19 heavy (non-hydrogen) atoms. The molecule has 3 N–H and O–H groups in total. The summed E-state index contributed by atoms with van der Waals surface area (Å²) in [6, 6.07) is 0.792. The van der Waals surface area contributed by atoms with Gasteiger partial charge in [0.15, 0.2) is 11.6 Å². The molecule has 0 amide bonds. The number of fused-ring (bicyclic) bond motifs is 1. The molecule has 1 atom stereocenters. The van der Waals surface area contributed by atoms with E-state index in [2.05, 4.69) is 4.98 Å². The maximum Gasteiger partial charge on any atom is 0.322 e. The van der Waals surface area contributed by atoms with Crippen molar-refractivity contribution in [3.63, 3.8) is 0 Å². The smallest absolute Gasteiger partial charge is 0.322 e. The van der Waals surface area contributed by atoms with Crippen LogP contribution in [0.1, 0.15) is 0 Å². The predicted octanol–water partition coefficient (Wildman–Crippen LogP) is 1.57. The number of nitrogens with zero attached hydrogens (tertiary/aromatic N) is 2. The Morgan fingerprint density at radius 3 is 2.53 bits per heavy atom. The van der Waals surface area contributed by atoms with Crippen LogP contribution >= 0.6 is 24.8 Å². The summed E-state index contributed by atoms with van der Waals surface area (Å²) in [5.74, 6) is -3.18. The summed E-state index contributed by atoms with van der Waals surface area (Å²) >= 11 is 0. The van der Waals surface area contributed by atoms with Crippen LogP contribution in [0.25, 0.3) is 11.0 Å². The van der Waals surface area contributed by atoms with Gasteiger partial charge >= 0.3 is 5.97 Å². The molecule has 0 saturated carbocycles. The van der Waals surface area contributed by atoms with Crippen molar-refractivity contribution in [1.82, 2.24) is 9.55 Å². The van der Waals surface area contributed by atoms with Crippen LogP contribution in [0.2, 0.25) is 0 Å². The monoisotopic (exact) mass is 313 g/mol. The number of rotatable bonds is 3. The van der Waals surface area contributed by atoms with Gasteiger partial charge in [0.05, 0.1) is 23.9 Å². The Morgan fingerprint density at radius 1 is 1.37 bits per heavy atom. The van der Waals surface area contributed by atoms with Gasteiger partial charge in [0, 0.05) is 12.1 Å². The van der Waals surface area contributed by atoms with Crippen molar-refractivity contribution in [1.29, 1.82) is 0 Å². The van der Waals surface area contributed by atoms with Crippen molar-refractivity contribution in [3.05, 3.63) is 30.1 Å². The van der Waals surface area contributed by atoms with Crippen LogP contribution in [-0.2, 0) is 11.3 Å². The number of imidazole rings is 1. The van der Waals surface area contributed by atoms with Gasteiger partial charge in [-0.15, -0.1) is 24.8 Å². The Labute approximate surface area is 119 Å². The Kier molecular flexibility index (Phi) is 6.14. The Bertz CT molecular complexity index is 591. The Morgan fingerprint density at radius 2 is 1.95 bits per heavy atom. The Balaban J connectivity index is 0.00000162. The minimum atomic E-state index is -1.17. The zero-order valence-corrected chi connectivity index (χ0v) is 11.0. The number of nitrogens with two attached hydrogens (primary N) is 1. The number of aliphatic carboxylic acids is 1. The van der Waals surface area contributed by atoms with Gasteiger partial charge in [0.2, 0.25) is 0 Å². The van der Waals surface area contributed by atoms with E-state index in [1.165, 1.54) is 10.9 Å². The highest BCUT2D eigenvalue weighted by Crippen LogP contribution is 2.17. The van der Waals surface area contributed by atoms with Crippen molar-refractivity contribution in [2.45, 2.75) is 12.6 Å². The number of benzene rings is 1. The van der Waals surface area contributed by atoms with Crippen molar-refractivity contribution < 1.29 is 18.7 Å². The lowest BCUT2D eigenvalue weighted by molar-refractivity contribution is -0.138. The molecule has 1 aromatic carbocycles. The van der Waals surface area contributed by atoms with Gasteiger partial charge in [-0.2, -0.15) is 0 Å². The molecule has 0 spiro atoms. The van der Waals surface area contributed by atoms with Crippen LogP contribution in [0.4, 0.5) is 8.78 Å². The van der Waals surface area contributed by atoms with E-state index in [-0.39, 0.29) is 36.9 Å². The van der Waals surface area contributed by atoms with E-state index in [9.17, 15) is 13.6 Å².